The molecular formula is C16H19N2O2S+. The second kappa shape index (κ2) is 4.86. The van der Waals surface area contributed by atoms with Gasteiger partial charge in [0.15, 0.2) is 5.69 Å². The van der Waals surface area contributed by atoms with E-state index in [1.54, 1.807) is 24.3 Å². The lowest BCUT2D eigenvalue weighted by atomic mass is 10.2. The second-order valence-corrected chi connectivity index (χ2v) is 7.65. The number of sulfonamides is 1. The molecule has 2 aromatic carbocycles. The van der Waals surface area contributed by atoms with E-state index < -0.39 is 10.0 Å². The van der Waals surface area contributed by atoms with Gasteiger partial charge in [0.05, 0.1) is 25.5 Å². The molecule has 3 rings (SSSR count). The predicted octanol–water partition coefficient (Wildman–Crippen LogP) is 2.46. The standard InChI is InChI=1S/C16H19N2O2S/c1-18(2)13-12-17(15-10-6-7-11-16(15)18)21(19,20)14-8-4-3-5-9-14/h3-11H,12-13H2,1-2H3/q+1. The fraction of sp³-hybridized carbons (Fsp3) is 0.250. The van der Waals surface area contributed by atoms with Gasteiger partial charge in [-0.2, -0.15) is 0 Å². The van der Waals surface area contributed by atoms with Gasteiger partial charge in [0.25, 0.3) is 10.0 Å². The lowest BCUT2D eigenvalue weighted by Crippen LogP contribution is -2.52. The Hall–Kier alpha value is -1.85. The first-order valence-electron chi connectivity index (χ1n) is 6.93. The van der Waals surface area contributed by atoms with E-state index >= 15 is 0 Å². The van der Waals surface area contributed by atoms with Crippen LogP contribution in [0.4, 0.5) is 11.4 Å². The fourth-order valence-electron chi connectivity index (χ4n) is 2.74. The molecule has 0 N–H and O–H groups in total. The van der Waals surface area contributed by atoms with Crippen molar-refractivity contribution in [1.82, 2.24) is 4.48 Å². The molecule has 0 spiro atoms. The summed E-state index contributed by atoms with van der Waals surface area (Å²) in [5.41, 5.74) is 1.81. The van der Waals surface area contributed by atoms with Crippen molar-refractivity contribution in [1.29, 1.82) is 0 Å². The van der Waals surface area contributed by atoms with Crippen molar-refractivity contribution in [2.45, 2.75) is 4.90 Å². The van der Waals surface area contributed by atoms with Gasteiger partial charge >= 0.3 is 0 Å². The van der Waals surface area contributed by atoms with Crippen LogP contribution in [0.1, 0.15) is 0 Å². The molecule has 0 aromatic heterocycles. The van der Waals surface area contributed by atoms with Gasteiger partial charge in [-0.3, -0.25) is 8.79 Å². The second-order valence-electron chi connectivity index (χ2n) is 5.79. The summed E-state index contributed by atoms with van der Waals surface area (Å²) in [6.07, 6.45) is 0. The summed E-state index contributed by atoms with van der Waals surface area (Å²) in [7, 11) is 0.703. The highest BCUT2D eigenvalue weighted by Gasteiger charge is 2.37. The van der Waals surface area contributed by atoms with Crippen LogP contribution >= 0.6 is 0 Å². The molecule has 21 heavy (non-hydrogen) atoms. The van der Waals surface area contributed by atoms with Crippen LogP contribution in [0, 0.1) is 0 Å². The van der Waals surface area contributed by atoms with Crippen LogP contribution in [-0.2, 0) is 10.0 Å². The van der Waals surface area contributed by atoms with Crippen molar-refractivity contribution in [3.8, 4) is 0 Å². The van der Waals surface area contributed by atoms with Gasteiger partial charge in [0.2, 0.25) is 0 Å². The van der Waals surface area contributed by atoms with Crippen LogP contribution in [0.15, 0.2) is 59.5 Å². The molecule has 2 aromatic rings. The molecular weight excluding hydrogens is 284 g/mol. The maximum Gasteiger partial charge on any atom is 0.264 e. The molecule has 1 heterocycles. The van der Waals surface area contributed by atoms with Crippen molar-refractivity contribution in [3.63, 3.8) is 0 Å². The predicted molar refractivity (Wildman–Crippen MR) is 85.9 cm³/mol. The molecule has 0 unspecified atom stereocenters. The van der Waals surface area contributed by atoms with Gasteiger partial charge in [-0.25, -0.2) is 8.42 Å². The third kappa shape index (κ3) is 2.32. The quantitative estimate of drug-likeness (QED) is 0.799. The number of para-hydroxylation sites is 2. The Balaban J connectivity index is 2.13. The summed E-state index contributed by atoms with van der Waals surface area (Å²) < 4.78 is 28.0. The van der Waals surface area contributed by atoms with Gasteiger partial charge < -0.3 is 0 Å². The van der Waals surface area contributed by atoms with E-state index in [9.17, 15) is 8.42 Å². The topological polar surface area (TPSA) is 37.4 Å². The van der Waals surface area contributed by atoms with Crippen molar-refractivity contribution >= 4 is 21.4 Å². The Morgan fingerprint density at radius 2 is 1.57 bits per heavy atom. The van der Waals surface area contributed by atoms with Gasteiger partial charge in [-0.1, -0.05) is 30.3 Å². The van der Waals surface area contributed by atoms with Crippen LogP contribution in [0.5, 0.6) is 0 Å². The van der Waals surface area contributed by atoms with E-state index in [-0.39, 0.29) is 0 Å². The largest absolute Gasteiger partial charge is 0.293 e. The average Bonchev–Trinajstić information content (AvgIpc) is 2.48. The first-order chi connectivity index (χ1) is 9.93. The van der Waals surface area contributed by atoms with E-state index in [2.05, 4.69) is 14.1 Å². The first kappa shape index (κ1) is 14.1. The molecule has 0 bridgehead atoms. The third-order valence-corrected chi connectivity index (χ3v) is 5.82. The van der Waals surface area contributed by atoms with E-state index in [0.717, 1.165) is 17.9 Å². The monoisotopic (exact) mass is 303 g/mol. The van der Waals surface area contributed by atoms with Gasteiger partial charge in [0.1, 0.15) is 12.2 Å². The van der Waals surface area contributed by atoms with Gasteiger partial charge in [-0.15, -0.1) is 0 Å². The number of hydrogen-bond acceptors (Lipinski definition) is 2. The molecule has 0 saturated carbocycles. The molecule has 0 saturated heterocycles. The van der Waals surface area contributed by atoms with Crippen LogP contribution < -0.4 is 8.79 Å². The third-order valence-electron chi connectivity index (χ3n) is 4.00. The molecule has 0 radical (unpaired) electrons. The zero-order chi connectivity index (χ0) is 15.1. The van der Waals surface area contributed by atoms with Crippen molar-refractivity contribution in [3.05, 3.63) is 54.6 Å². The summed E-state index contributed by atoms with van der Waals surface area (Å²) in [6, 6.07) is 16.3. The number of benzene rings is 2. The Morgan fingerprint density at radius 1 is 0.952 bits per heavy atom. The first-order valence-corrected chi connectivity index (χ1v) is 8.37. The lowest BCUT2D eigenvalue weighted by molar-refractivity contribution is 0.396. The average molecular weight is 303 g/mol. The highest BCUT2D eigenvalue weighted by Crippen LogP contribution is 2.38. The normalized spacial score (nSPS) is 17.3. The Morgan fingerprint density at radius 3 is 2.29 bits per heavy atom. The van der Waals surface area contributed by atoms with E-state index in [0.29, 0.717) is 15.9 Å². The van der Waals surface area contributed by atoms with Crippen molar-refractivity contribution in [2.75, 3.05) is 31.5 Å². The van der Waals surface area contributed by atoms with Crippen molar-refractivity contribution < 1.29 is 8.42 Å². The Labute approximate surface area is 125 Å². The SMILES string of the molecule is C[N+]1(C)CCN(S(=O)(=O)c2ccccc2)c2ccccc21. The fourth-order valence-corrected chi connectivity index (χ4v) is 4.23. The number of rotatable bonds is 2. The van der Waals surface area contributed by atoms with Crippen LogP contribution in [0.2, 0.25) is 0 Å². The maximum atomic E-state index is 12.9. The molecule has 5 heteroatoms. The minimum atomic E-state index is -3.50. The molecule has 4 nitrogen and oxygen atoms in total. The number of nitrogens with zero attached hydrogens (tertiary/aromatic N) is 2. The lowest BCUT2D eigenvalue weighted by Gasteiger charge is -2.40. The number of fused-ring (bicyclic) bond motifs is 1. The van der Waals surface area contributed by atoms with Crippen molar-refractivity contribution in [2.24, 2.45) is 0 Å². The van der Waals surface area contributed by atoms with E-state index in [1.165, 1.54) is 4.31 Å². The summed E-state index contributed by atoms with van der Waals surface area (Å²) in [4.78, 5) is 0.340. The molecule has 0 amide bonds. The van der Waals surface area contributed by atoms with Crippen LogP contribution in [0.25, 0.3) is 0 Å². The summed E-state index contributed by atoms with van der Waals surface area (Å²) in [5, 5.41) is 0. The van der Waals surface area contributed by atoms with Gasteiger partial charge in [0, 0.05) is 6.07 Å². The molecule has 110 valence electrons. The zero-order valence-electron chi connectivity index (χ0n) is 12.2. The Kier molecular flexibility index (Phi) is 3.26. The minimum absolute atomic E-state index is 0.340. The zero-order valence-corrected chi connectivity index (χ0v) is 13.0. The number of quaternary nitrogens is 1. The summed E-state index contributed by atoms with van der Waals surface area (Å²) in [6.45, 7) is 1.24. The van der Waals surface area contributed by atoms with Crippen LogP contribution in [0.3, 0.4) is 0 Å². The summed E-state index contributed by atoms with van der Waals surface area (Å²) in [5.74, 6) is 0. The maximum absolute atomic E-state index is 12.9. The number of likely N-dealkylation sites (N-methyl/N-ethyl adjacent to an activating group) is 1. The number of hydrogen-bond donors (Lipinski definition) is 0. The molecule has 0 atom stereocenters. The minimum Gasteiger partial charge on any atom is -0.293 e. The molecule has 1 aliphatic heterocycles. The smallest absolute Gasteiger partial charge is 0.264 e. The molecule has 1 aliphatic rings. The van der Waals surface area contributed by atoms with Crippen LogP contribution in [-0.4, -0.2) is 35.6 Å². The van der Waals surface area contributed by atoms with E-state index in [1.807, 2.05) is 30.3 Å². The highest BCUT2D eigenvalue weighted by molar-refractivity contribution is 7.92. The number of anilines is 1. The summed E-state index contributed by atoms with van der Waals surface area (Å²) >= 11 is 0. The molecule has 0 aliphatic carbocycles. The Bertz CT molecular complexity index is 755. The highest BCUT2D eigenvalue weighted by atomic mass is 32.2. The van der Waals surface area contributed by atoms with Gasteiger partial charge in [-0.05, 0) is 18.2 Å². The van der Waals surface area contributed by atoms with E-state index in [4.69, 9.17) is 0 Å². The molecule has 0 fully saturated rings.